The van der Waals surface area contributed by atoms with E-state index < -0.39 is 0 Å². The summed E-state index contributed by atoms with van der Waals surface area (Å²) < 4.78 is 0. The van der Waals surface area contributed by atoms with Crippen LogP contribution >= 0.6 is 23.1 Å². The number of carbonyl (C=O) groups is 2. The predicted octanol–water partition coefficient (Wildman–Crippen LogP) is 6.59. The molecule has 1 aliphatic rings. The number of carbonyl (C=O) groups excluding carboxylic acids is 2. The van der Waals surface area contributed by atoms with Crippen LogP contribution in [-0.4, -0.2) is 22.7 Å². The second-order valence-electron chi connectivity index (χ2n) is 7.60. The van der Waals surface area contributed by atoms with Gasteiger partial charge in [-0.1, -0.05) is 72.4 Å². The van der Waals surface area contributed by atoms with E-state index in [1.54, 1.807) is 27.2 Å². The third-order valence-electron chi connectivity index (χ3n) is 5.27. The summed E-state index contributed by atoms with van der Waals surface area (Å²) in [5, 5.41) is 2.44. The van der Waals surface area contributed by atoms with Crippen molar-refractivity contribution in [2.24, 2.45) is 4.99 Å². The molecular weight excluding hydrogens is 474 g/mol. The van der Waals surface area contributed by atoms with Crippen molar-refractivity contribution in [1.82, 2.24) is 0 Å². The van der Waals surface area contributed by atoms with Crippen LogP contribution < -0.4 is 9.80 Å². The number of rotatable bonds is 6. The van der Waals surface area contributed by atoms with Gasteiger partial charge in [0.15, 0.2) is 5.17 Å². The number of amidine groups is 1. The normalized spacial score (nSPS) is 14.3. The summed E-state index contributed by atoms with van der Waals surface area (Å²) in [4.78, 5) is 35.7. The summed E-state index contributed by atoms with van der Waals surface area (Å²) in [5.41, 5.74) is 2.64. The van der Waals surface area contributed by atoms with Gasteiger partial charge in [-0.25, -0.2) is 4.99 Å². The first-order valence-electron chi connectivity index (χ1n) is 11.0. The smallest absolute Gasteiger partial charge is 0.280 e. The number of aliphatic imine (C=N–C) groups is 1. The van der Waals surface area contributed by atoms with E-state index in [-0.39, 0.29) is 17.6 Å². The average molecular weight is 496 g/mol. The Morgan fingerprint density at radius 2 is 1.46 bits per heavy atom. The topological polar surface area (TPSA) is 53.0 Å². The van der Waals surface area contributed by atoms with E-state index in [4.69, 9.17) is 0 Å². The predicted molar refractivity (Wildman–Crippen MR) is 146 cm³/mol. The molecule has 0 saturated heterocycles. The van der Waals surface area contributed by atoms with Crippen molar-refractivity contribution in [1.29, 1.82) is 0 Å². The first-order chi connectivity index (χ1) is 17.2. The molecule has 4 aromatic rings. The van der Waals surface area contributed by atoms with Gasteiger partial charge in [0.1, 0.15) is 5.70 Å². The number of benzene rings is 3. The number of nitrogens with zero attached hydrogens (tertiary/aromatic N) is 3. The number of anilines is 3. The van der Waals surface area contributed by atoms with Gasteiger partial charge in [0, 0.05) is 16.3 Å². The zero-order valence-electron chi connectivity index (χ0n) is 18.7. The van der Waals surface area contributed by atoms with Crippen molar-refractivity contribution >= 4 is 63.2 Å². The summed E-state index contributed by atoms with van der Waals surface area (Å²) in [6, 6.07) is 32.4. The fourth-order valence-corrected chi connectivity index (χ4v) is 5.20. The third kappa shape index (κ3) is 5.11. The van der Waals surface area contributed by atoms with Crippen LogP contribution in [0.25, 0.3) is 6.08 Å². The molecule has 3 aromatic carbocycles. The zero-order chi connectivity index (χ0) is 24.0. The Morgan fingerprint density at radius 3 is 2.03 bits per heavy atom. The summed E-state index contributed by atoms with van der Waals surface area (Å²) in [6.45, 7) is 0. The molecule has 0 atom stereocenters. The van der Waals surface area contributed by atoms with Gasteiger partial charge in [-0.2, -0.15) is 0 Å². The number of thiophene rings is 1. The highest BCUT2D eigenvalue weighted by molar-refractivity contribution is 8.14. The van der Waals surface area contributed by atoms with E-state index in [0.717, 1.165) is 16.3 Å². The van der Waals surface area contributed by atoms with E-state index in [9.17, 15) is 9.59 Å². The summed E-state index contributed by atoms with van der Waals surface area (Å²) in [7, 11) is 0. The Hall–Kier alpha value is -3.94. The molecule has 1 aliphatic heterocycles. The standard InChI is InChI=1S/C28H21N3O2S2/c32-26(30(21-11-4-1-5-12-21)22-13-6-2-7-14-22)20-35-28-29-25(19-24-17-10-18-34-24)27(33)31(28)23-15-8-3-9-16-23/h1-19H,20H2/b25-19+. The Bertz CT molecular complexity index is 1330. The van der Waals surface area contributed by atoms with Crippen molar-refractivity contribution in [2.75, 3.05) is 15.6 Å². The molecule has 2 heterocycles. The van der Waals surface area contributed by atoms with Crippen molar-refractivity contribution in [3.8, 4) is 0 Å². The fraction of sp³-hybridized carbons (Fsp3) is 0.0357. The van der Waals surface area contributed by atoms with Gasteiger partial charge in [0.25, 0.3) is 5.91 Å². The lowest BCUT2D eigenvalue weighted by Gasteiger charge is -2.23. The maximum Gasteiger partial charge on any atom is 0.283 e. The highest BCUT2D eigenvalue weighted by atomic mass is 32.2. The maximum absolute atomic E-state index is 13.5. The van der Waals surface area contributed by atoms with Gasteiger partial charge in [0.2, 0.25) is 5.91 Å². The van der Waals surface area contributed by atoms with Crippen LogP contribution in [0.5, 0.6) is 0 Å². The molecule has 0 saturated carbocycles. The molecule has 0 fully saturated rings. The first kappa shape index (κ1) is 22.8. The van der Waals surface area contributed by atoms with E-state index in [0.29, 0.717) is 16.6 Å². The van der Waals surface area contributed by atoms with Crippen LogP contribution in [0.3, 0.4) is 0 Å². The van der Waals surface area contributed by atoms with Crippen LogP contribution in [0.1, 0.15) is 4.88 Å². The number of hydrogen-bond donors (Lipinski definition) is 0. The van der Waals surface area contributed by atoms with Crippen LogP contribution in [0, 0.1) is 0 Å². The molecule has 172 valence electrons. The lowest BCUT2D eigenvalue weighted by atomic mass is 10.2. The van der Waals surface area contributed by atoms with Crippen molar-refractivity contribution in [3.63, 3.8) is 0 Å². The Labute approximate surface area is 212 Å². The number of thioether (sulfide) groups is 1. The molecular formula is C28H21N3O2S2. The average Bonchev–Trinajstić information content (AvgIpc) is 3.53. The second kappa shape index (κ2) is 10.5. The molecule has 0 aliphatic carbocycles. The first-order valence-corrected chi connectivity index (χ1v) is 12.9. The molecule has 0 radical (unpaired) electrons. The minimum absolute atomic E-state index is 0.105. The molecule has 0 spiro atoms. The summed E-state index contributed by atoms with van der Waals surface area (Å²) >= 11 is 2.80. The van der Waals surface area contributed by atoms with E-state index in [2.05, 4.69) is 4.99 Å². The lowest BCUT2D eigenvalue weighted by molar-refractivity contribution is -0.115. The highest BCUT2D eigenvalue weighted by Crippen LogP contribution is 2.31. The Morgan fingerprint density at radius 1 is 0.857 bits per heavy atom. The number of hydrogen-bond acceptors (Lipinski definition) is 5. The summed E-state index contributed by atoms with van der Waals surface area (Å²) in [5.74, 6) is -0.195. The lowest BCUT2D eigenvalue weighted by Crippen LogP contribution is -2.32. The maximum atomic E-state index is 13.5. The van der Waals surface area contributed by atoms with Gasteiger partial charge < -0.3 is 0 Å². The van der Waals surface area contributed by atoms with Gasteiger partial charge in [0.05, 0.1) is 11.4 Å². The summed E-state index contributed by atoms with van der Waals surface area (Å²) in [6.07, 6.45) is 1.79. The van der Waals surface area contributed by atoms with Crippen LogP contribution in [0.2, 0.25) is 0 Å². The number of amides is 2. The molecule has 2 amide bonds. The molecule has 0 N–H and O–H groups in total. The SMILES string of the molecule is O=C1/C(=C\c2cccs2)N=C(SCC(=O)N(c2ccccc2)c2ccccc2)N1c1ccccc1. The molecule has 5 rings (SSSR count). The van der Waals surface area contributed by atoms with Gasteiger partial charge in [-0.3, -0.25) is 19.4 Å². The Balaban J connectivity index is 1.43. The van der Waals surface area contributed by atoms with Crippen LogP contribution in [-0.2, 0) is 9.59 Å². The highest BCUT2D eigenvalue weighted by Gasteiger charge is 2.33. The Kier molecular flexibility index (Phi) is 6.88. The third-order valence-corrected chi connectivity index (χ3v) is 7.01. The van der Waals surface area contributed by atoms with Gasteiger partial charge in [-0.05, 0) is 53.9 Å². The van der Waals surface area contributed by atoms with Crippen molar-refractivity contribution in [2.45, 2.75) is 0 Å². The van der Waals surface area contributed by atoms with Crippen LogP contribution in [0.15, 0.2) is 119 Å². The largest absolute Gasteiger partial charge is 0.283 e. The number of para-hydroxylation sites is 3. The second-order valence-corrected chi connectivity index (χ2v) is 9.53. The van der Waals surface area contributed by atoms with Crippen LogP contribution in [0.4, 0.5) is 17.1 Å². The van der Waals surface area contributed by atoms with E-state index in [1.807, 2.05) is 109 Å². The minimum atomic E-state index is -0.206. The molecule has 7 heteroatoms. The van der Waals surface area contributed by atoms with E-state index in [1.165, 1.54) is 11.8 Å². The van der Waals surface area contributed by atoms with Gasteiger partial charge in [-0.15, -0.1) is 11.3 Å². The zero-order valence-corrected chi connectivity index (χ0v) is 20.3. The molecule has 1 aromatic heterocycles. The van der Waals surface area contributed by atoms with E-state index >= 15 is 0 Å². The van der Waals surface area contributed by atoms with Crippen molar-refractivity contribution in [3.05, 3.63) is 119 Å². The van der Waals surface area contributed by atoms with Gasteiger partial charge >= 0.3 is 0 Å². The molecule has 0 bridgehead atoms. The quantitative estimate of drug-likeness (QED) is 0.284. The van der Waals surface area contributed by atoms with Crippen molar-refractivity contribution < 1.29 is 9.59 Å². The monoisotopic (exact) mass is 495 g/mol. The molecule has 0 unspecified atom stereocenters. The molecule has 5 nitrogen and oxygen atoms in total. The molecule has 35 heavy (non-hydrogen) atoms. The fourth-order valence-electron chi connectivity index (χ4n) is 3.69. The minimum Gasteiger partial charge on any atom is -0.280 e.